The number of carbonyl (C=O) groups is 1. The van der Waals surface area contributed by atoms with Crippen molar-refractivity contribution >= 4 is 11.6 Å². The van der Waals surface area contributed by atoms with E-state index >= 15 is 0 Å². The first kappa shape index (κ1) is 18.4. The zero-order valence-electron chi connectivity index (χ0n) is 16.0. The van der Waals surface area contributed by atoms with Gasteiger partial charge in [0, 0.05) is 22.4 Å². The number of aromatic nitrogens is 2. The molecule has 0 atom stereocenters. The van der Waals surface area contributed by atoms with E-state index in [0.29, 0.717) is 28.8 Å². The maximum atomic E-state index is 12.5. The topological polar surface area (TPSA) is 77.2 Å². The van der Waals surface area contributed by atoms with Crippen molar-refractivity contribution in [3.63, 3.8) is 0 Å². The lowest BCUT2D eigenvalue weighted by Gasteiger charge is -2.07. The van der Waals surface area contributed by atoms with Crippen molar-refractivity contribution in [3.05, 3.63) is 83.9 Å². The van der Waals surface area contributed by atoms with E-state index < -0.39 is 0 Å². The van der Waals surface area contributed by atoms with Crippen LogP contribution in [0, 0.1) is 6.92 Å². The molecular formula is C23H19N3O3. The highest BCUT2D eigenvalue weighted by molar-refractivity contribution is 6.04. The molecule has 1 N–H and O–H groups in total. The zero-order valence-corrected chi connectivity index (χ0v) is 16.0. The second kappa shape index (κ2) is 7.98. The van der Waals surface area contributed by atoms with Gasteiger partial charge in [-0.15, -0.1) is 10.2 Å². The number of carbonyl (C=O) groups excluding carboxylic acids is 1. The molecule has 6 heteroatoms. The number of nitrogens with zero attached hydrogens (tertiary/aromatic N) is 2. The Morgan fingerprint density at radius 1 is 0.897 bits per heavy atom. The maximum Gasteiger partial charge on any atom is 0.255 e. The molecule has 0 radical (unpaired) electrons. The Morgan fingerprint density at radius 2 is 1.59 bits per heavy atom. The molecule has 29 heavy (non-hydrogen) atoms. The van der Waals surface area contributed by atoms with Crippen molar-refractivity contribution in [3.8, 4) is 28.7 Å². The Labute approximate surface area is 168 Å². The van der Waals surface area contributed by atoms with Crippen molar-refractivity contribution < 1.29 is 13.9 Å². The first-order valence-corrected chi connectivity index (χ1v) is 9.09. The van der Waals surface area contributed by atoms with Crippen molar-refractivity contribution in [1.82, 2.24) is 10.2 Å². The summed E-state index contributed by atoms with van der Waals surface area (Å²) in [5.74, 6) is 1.24. The normalized spacial score (nSPS) is 10.6. The van der Waals surface area contributed by atoms with E-state index in [9.17, 15) is 4.79 Å². The monoisotopic (exact) mass is 385 g/mol. The Bertz CT molecular complexity index is 1170. The number of rotatable bonds is 5. The van der Waals surface area contributed by atoms with Crippen LogP contribution in [0.4, 0.5) is 5.69 Å². The molecule has 144 valence electrons. The predicted octanol–water partition coefficient (Wildman–Crippen LogP) is 4.97. The van der Waals surface area contributed by atoms with E-state index in [1.165, 1.54) is 0 Å². The molecule has 3 aromatic carbocycles. The predicted molar refractivity (Wildman–Crippen MR) is 111 cm³/mol. The molecule has 6 nitrogen and oxygen atoms in total. The Balaban J connectivity index is 1.55. The SMILES string of the molecule is COc1cccc(C(=O)Nc2cccc(-c3nnc(-c4cccc(C)c4)o3)c2)c1. The molecule has 0 aliphatic carbocycles. The van der Waals surface area contributed by atoms with Gasteiger partial charge < -0.3 is 14.5 Å². The number of benzene rings is 3. The second-order valence-corrected chi connectivity index (χ2v) is 6.55. The molecule has 1 aromatic heterocycles. The minimum Gasteiger partial charge on any atom is -0.497 e. The fourth-order valence-corrected chi connectivity index (χ4v) is 2.93. The fourth-order valence-electron chi connectivity index (χ4n) is 2.93. The van der Waals surface area contributed by atoms with Crippen LogP contribution in [0.2, 0.25) is 0 Å². The first-order valence-electron chi connectivity index (χ1n) is 9.09. The van der Waals surface area contributed by atoms with Crippen LogP contribution < -0.4 is 10.1 Å². The summed E-state index contributed by atoms with van der Waals surface area (Å²) in [6.07, 6.45) is 0. The summed E-state index contributed by atoms with van der Waals surface area (Å²) in [6.45, 7) is 2.01. The van der Waals surface area contributed by atoms with Crippen LogP contribution in [-0.4, -0.2) is 23.2 Å². The van der Waals surface area contributed by atoms with Crippen molar-refractivity contribution in [2.45, 2.75) is 6.92 Å². The summed E-state index contributed by atoms with van der Waals surface area (Å²) in [6, 6.07) is 22.1. The number of nitrogens with one attached hydrogen (secondary N) is 1. The minimum atomic E-state index is -0.230. The van der Waals surface area contributed by atoms with Gasteiger partial charge in [0.1, 0.15) is 5.75 Å². The third-order valence-corrected chi connectivity index (χ3v) is 4.39. The molecule has 0 unspecified atom stereocenters. The maximum absolute atomic E-state index is 12.5. The summed E-state index contributed by atoms with van der Waals surface area (Å²) >= 11 is 0. The molecule has 0 aliphatic rings. The number of hydrogen-bond donors (Lipinski definition) is 1. The number of ether oxygens (including phenoxy) is 1. The Kier molecular flexibility index (Phi) is 5.07. The van der Waals surface area contributed by atoms with Crippen LogP contribution in [0.15, 0.2) is 77.2 Å². The average molecular weight is 385 g/mol. The van der Waals surface area contributed by atoms with Gasteiger partial charge in [-0.1, -0.05) is 29.8 Å². The van der Waals surface area contributed by atoms with Crippen LogP contribution in [-0.2, 0) is 0 Å². The molecule has 4 rings (SSSR count). The standard InChI is InChI=1S/C23H19N3O3/c1-15-6-3-8-17(12-15)22-25-26-23(29-22)18-9-4-10-19(13-18)24-21(27)16-7-5-11-20(14-16)28-2/h3-14H,1-2H3,(H,24,27). The van der Waals surface area contributed by atoms with Gasteiger partial charge in [0.25, 0.3) is 5.91 Å². The molecule has 4 aromatic rings. The van der Waals surface area contributed by atoms with Crippen LogP contribution >= 0.6 is 0 Å². The molecular weight excluding hydrogens is 366 g/mol. The lowest BCUT2D eigenvalue weighted by molar-refractivity contribution is 0.102. The van der Waals surface area contributed by atoms with Crippen molar-refractivity contribution in [1.29, 1.82) is 0 Å². The Morgan fingerprint density at radius 3 is 2.31 bits per heavy atom. The minimum absolute atomic E-state index is 0.230. The van der Waals surface area contributed by atoms with Crippen molar-refractivity contribution in [2.75, 3.05) is 12.4 Å². The number of anilines is 1. The smallest absolute Gasteiger partial charge is 0.255 e. The van der Waals surface area contributed by atoms with Gasteiger partial charge >= 0.3 is 0 Å². The largest absolute Gasteiger partial charge is 0.497 e. The molecule has 0 fully saturated rings. The number of aryl methyl sites for hydroxylation is 1. The van der Waals surface area contributed by atoms with Gasteiger partial charge in [0.2, 0.25) is 11.8 Å². The lowest BCUT2D eigenvalue weighted by Crippen LogP contribution is -2.11. The van der Waals surface area contributed by atoms with Crippen LogP contribution in [0.5, 0.6) is 5.75 Å². The molecule has 1 heterocycles. The van der Waals surface area contributed by atoms with E-state index in [0.717, 1.165) is 16.7 Å². The summed E-state index contributed by atoms with van der Waals surface area (Å²) in [4.78, 5) is 12.5. The summed E-state index contributed by atoms with van der Waals surface area (Å²) in [5, 5.41) is 11.2. The van der Waals surface area contributed by atoms with Crippen LogP contribution in [0.25, 0.3) is 22.9 Å². The first-order chi connectivity index (χ1) is 14.1. The van der Waals surface area contributed by atoms with E-state index in [-0.39, 0.29) is 5.91 Å². The highest BCUT2D eigenvalue weighted by Gasteiger charge is 2.12. The van der Waals surface area contributed by atoms with Gasteiger partial charge in [0.15, 0.2) is 0 Å². The highest BCUT2D eigenvalue weighted by atomic mass is 16.5. The third kappa shape index (κ3) is 4.16. The van der Waals surface area contributed by atoms with E-state index in [1.807, 2.05) is 43.3 Å². The molecule has 0 aliphatic heterocycles. The fraction of sp³-hybridized carbons (Fsp3) is 0.0870. The third-order valence-electron chi connectivity index (χ3n) is 4.39. The quantitative estimate of drug-likeness (QED) is 0.525. The van der Waals surface area contributed by atoms with Gasteiger partial charge in [-0.25, -0.2) is 0 Å². The molecule has 0 saturated heterocycles. The Hall–Kier alpha value is -3.93. The molecule has 1 amide bonds. The summed E-state index contributed by atoms with van der Waals surface area (Å²) < 4.78 is 11.0. The molecule has 0 bridgehead atoms. The van der Waals surface area contributed by atoms with Crippen LogP contribution in [0.1, 0.15) is 15.9 Å². The molecule has 0 spiro atoms. The van der Waals surface area contributed by atoms with E-state index in [2.05, 4.69) is 15.5 Å². The zero-order chi connectivity index (χ0) is 20.2. The van der Waals surface area contributed by atoms with E-state index in [4.69, 9.17) is 9.15 Å². The van der Waals surface area contributed by atoms with Gasteiger partial charge in [0.05, 0.1) is 7.11 Å². The number of hydrogen-bond acceptors (Lipinski definition) is 5. The lowest BCUT2D eigenvalue weighted by atomic mass is 10.1. The number of amides is 1. The van der Waals surface area contributed by atoms with E-state index in [1.54, 1.807) is 43.5 Å². The van der Waals surface area contributed by atoms with Crippen LogP contribution in [0.3, 0.4) is 0 Å². The average Bonchev–Trinajstić information content (AvgIpc) is 3.24. The second-order valence-electron chi connectivity index (χ2n) is 6.55. The van der Waals surface area contributed by atoms with Gasteiger partial charge in [-0.05, 0) is 55.5 Å². The van der Waals surface area contributed by atoms with Crippen molar-refractivity contribution in [2.24, 2.45) is 0 Å². The van der Waals surface area contributed by atoms with Gasteiger partial charge in [-0.3, -0.25) is 4.79 Å². The summed E-state index contributed by atoms with van der Waals surface area (Å²) in [5.41, 5.74) is 3.84. The number of methoxy groups -OCH3 is 1. The molecule has 0 saturated carbocycles. The van der Waals surface area contributed by atoms with Gasteiger partial charge in [-0.2, -0.15) is 0 Å². The summed E-state index contributed by atoms with van der Waals surface area (Å²) in [7, 11) is 1.57. The highest BCUT2D eigenvalue weighted by Crippen LogP contribution is 2.26.